The molecule has 2 unspecified atom stereocenters. The fraction of sp³-hybridized carbons (Fsp3) is 0.588. The Hall–Kier alpha value is -0.970. The van der Waals surface area contributed by atoms with E-state index >= 15 is 0 Å². The third kappa shape index (κ3) is 2.85. The van der Waals surface area contributed by atoms with Crippen LogP contribution in [-0.2, 0) is 6.54 Å². The third-order valence-electron chi connectivity index (χ3n) is 4.90. The summed E-state index contributed by atoms with van der Waals surface area (Å²) in [6.07, 6.45) is 4.06. The zero-order chi connectivity index (χ0) is 14.2. The summed E-state index contributed by atoms with van der Waals surface area (Å²) in [7, 11) is 0. The molecule has 3 nitrogen and oxygen atoms in total. The molecular weight excluding hydrogens is 278 g/mol. The van der Waals surface area contributed by atoms with Crippen LogP contribution in [0.2, 0.25) is 0 Å². The second-order valence-electron chi connectivity index (χ2n) is 6.42. The van der Waals surface area contributed by atoms with Crippen LogP contribution in [-0.4, -0.2) is 35.1 Å². The lowest BCUT2D eigenvalue weighted by Gasteiger charge is -2.40. The van der Waals surface area contributed by atoms with Crippen LogP contribution < -0.4 is 5.32 Å². The molecule has 1 saturated heterocycles. The lowest BCUT2D eigenvalue weighted by atomic mass is 10.0. The van der Waals surface area contributed by atoms with Crippen LogP contribution in [0.5, 0.6) is 0 Å². The maximum atomic E-state index is 4.82. The minimum atomic E-state index is 0.659. The Bertz CT molecular complexity index is 586. The summed E-state index contributed by atoms with van der Waals surface area (Å²) in [6.45, 7) is 5.65. The fourth-order valence-corrected chi connectivity index (χ4v) is 4.45. The number of nitrogens with zero attached hydrogens (tertiary/aromatic N) is 2. The molecule has 2 atom stereocenters. The molecule has 4 heteroatoms. The van der Waals surface area contributed by atoms with Crippen molar-refractivity contribution in [1.82, 2.24) is 15.2 Å². The molecule has 21 heavy (non-hydrogen) atoms. The molecule has 2 aromatic rings. The van der Waals surface area contributed by atoms with E-state index in [-0.39, 0.29) is 0 Å². The molecule has 4 rings (SSSR count). The normalized spacial score (nSPS) is 27.3. The van der Waals surface area contributed by atoms with Gasteiger partial charge in [0.25, 0.3) is 0 Å². The molecule has 1 aromatic carbocycles. The van der Waals surface area contributed by atoms with Crippen LogP contribution in [0.25, 0.3) is 10.2 Å². The van der Waals surface area contributed by atoms with Gasteiger partial charge >= 0.3 is 0 Å². The van der Waals surface area contributed by atoms with E-state index < -0.39 is 0 Å². The van der Waals surface area contributed by atoms with Gasteiger partial charge in [0.2, 0.25) is 0 Å². The minimum Gasteiger partial charge on any atom is -0.311 e. The van der Waals surface area contributed by atoms with Gasteiger partial charge in [-0.2, -0.15) is 0 Å². The average Bonchev–Trinajstić information content (AvgIpc) is 3.27. The Morgan fingerprint density at radius 3 is 2.95 bits per heavy atom. The van der Waals surface area contributed by atoms with Crippen LogP contribution in [0, 0.1) is 5.92 Å². The summed E-state index contributed by atoms with van der Waals surface area (Å²) in [6, 6.07) is 9.85. The smallest absolute Gasteiger partial charge is 0.108 e. The number of hydrogen-bond acceptors (Lipinski definition) is 4. The molecule has 112 valence electrons. The Balaban J connectivity index is 1.52. The van der Waals surface area contributed by atoms with Gasteiger partial charge in [0.15, 0.2) is 0 Å². The van der Waals surface area contributed by atoms with Crippen molar-refractivity contribution in [2.45, 2.75) is 44.8 Å². The lowest BCUT2D eigenvalue weighted by Crippen LogP contribution is -2.56. The highest BCUT2D eigenvalue weighted by Gasteiger charge is 2.36. The van der Waals surface area contributed by atoms with Crippen LogP contribution in [0.3, 0.4) is 0 Å². The van der Waals surface area contributed by atoms with Gasteiger partial charge in [-0.1, -0.05) is 19.1 Å². The first kappa shape index (κ1) is 13.7. The van der Waals surface area contributed by atoms with Crippen molar-refractivity contribution in [1.29, 1.82) is 0 Å². The summed E-state index contributed by atoms with van der Waals surface area (Å²) in [4.78, 5) is 7.48. The number of benzene rings is 1. The predicted octanol–water partition coefficient (Wildman–Crippen LogP) is 3.26. The molecular formula is C17H23N3S. The maximum absolute atomic E-state index is 4.82. The molecule has 0 amide bonds. The van der Waals surface area contributed by atoms with Gasteiger partial charge in [-0.25, -0.2) is 4.98 Å². The van der Waals surface area contributed by atoms with Gasteiger partial charge in [0, 0.05) is 25.2 Å². The summed E-state index contributed by atoms with van der Waals surface area (Å²) >= 11 is 1.86. The average molecular weight is 301 g/mol. The Labute approximate surface area is 130 Å². The summed E-state index contributed by atoms with van der Waals surface area (Å²) < 4.78 is 1.31. The highest BCUT2D eigenvalue weighted by molar-refractivity contribution is 7.18. The molecule has 0 radical (unpaired) electrons. The molecule has 1 saturated carbocycles. The van der Waals surface area contributed by atoms with E-state index in [1.54, 1.807) is 0 Å². The zero-order valence-corrected chi connectivity index (χ0v) is 13.4. The van der Waals surface area contributed by atoms with Crippen molar-refractivity contribution < 1.29 is 0 Å². The molecule has 1 aromatic heterocycles. The first-order chi connectivity index (χ1) is 10.3. The van der Waals surface area contributed by atoms with Crippen LogP contribution in [0.4, 0.5) is 0 Å². The van der Waals surface area contributed by atoms with Crippen molar-refractivity contribution in [2.24, 2.45) is 5.92 Å². The first-order valence-corrected chi connectivity index (χ1v) is 8.97. The molecule has 2 fully saturated rings. The van der Waals surface area contributed by atoms with Crippen LogP contribution >= 0.6 is 11.3 Å². The van der Waals surface area contributed by atoms with Crippen molar-refractivity contribution in [3.05, 3.63) is 29.3 Å². The molecule has 0 bridgehead atoms. The van der Waals surface area contributed by atoms with E-state index in [1.165, 1.54) is 35.5 Å². The molecule has 1 N–H and O–H groups in total. The van der Waals surface area contributed by atoms with E-state index in [0.717, 1.165) is 24.5 Å². The van der Waals surface area contributed by atoms with Crippen molar-refractivity contribution in [3.63, 3.8) is 0 Å². The van der Waals surface area contributed by atoms with E-state index in [1.807, 2.05) is 11.3 Å². The Morgan fingerprint density at radius 1 is 1.33 bits per heavy atom. The number of nitrogens with one attached hydrogen (secondary N) is 1. The van der Waals surface area contributed by atoms with E-state index in [0.29, 0.717) is 12.1 Å². The van der Waals surface area contributed by atoms with E-state index in [9.17, 15) is 0 Å². The first-order valence-electron chi connectivity index (χ1n) is 8.15. The number of piperazine rings is 1. The van der Waals surface area contributed by atoms with Gasteiger partial charge in [0.05, 0.1) is 16.8 Å². The highest BCUT2D eigenvalue weighted by Crippen LogP contribution is 2.35. The second-order valence-corrected chi connectivity index (χ2v) is 7.53. The number of hydrogen-bond donors (Lipinski definition) is 1. The standard InChI is InChI=1S/C17H23N3S/c1-2-13-9-18-15(12-7-8-12)10-20(13)11-17-19-14-5-3-4-6-16(14)21-17/h3-6,12-13,15,18H,2,7-11H2,1H3. The van der Waals surface area contributed by atoms with Crippen molar-refractivity contribution in [2.75, 3.05) is 13.1 Å². The van der Waals surface area contributed by atoms with E-state index in [4.69, 9.17) is 4.98 Å². The summed E-state index contributed by atoms with van der Waals surface area (Å²) in [5.41, 5.74) is 1.15. The van der Waals surface area contributed by atoms with Crippen molar-refractivity contribution >= 4 is 21.6 Å². The number of fused-ring (bicyclic) bond motifs is 1. The SMILES string of the molecule is CCC1CNC(C2CC2)CN1Cc1nc2ccccc2s1. The minimum absolute atomic E-state index is 0.659. The number of rotatable bonds is 4. The Morgan fingerprint density at radius 2 is 2.19 bits per heavy atom. The monoisotopic (exact) mass is 301 g/mol. The maximum Gasteiger partial charge on any atom is 0.108 e. The molecule has 2 heterocycles. The topological polar surface area (TPSA) is 28.2 Å². The number of thiazole rings is 1. The van der Waals surface area contributed by atoms with Crippen molar-refractivity contribution in [3.8, 4) is 0 Å². The molecule has 0 spiro atoms. The Kier molecular flexibility index (Phi) is 3.69. The zero-order valence-electron chi connectivity index (χ0n) is 12.6. The second kappa shape index (κ2) is 5.67. The number of aromatic nitrogens is 1. The lowest BCUT2D eigenvalue weighted by molar-refractivity contribution is 0.111. The molecule has 2 aliphatic rings. The number of para-hydroxylation sites is 1. The molecule has 1 aliphatic carbocycles. The van der Waals surface area contributed by atoms with Gasteiger partial charge in [-0.05, 0) is 37.3 Å². The van der Waals surface area contributed by atoms with Gasteiger partial charge in [0.1, 0.15) is 5.01 Å². The van der Waals surface area contributed by atoms with Gasteiger partial charge in [-0.3, -0.25) is 4.90 Å². The van der Waals surface area contributed by atoms with Crippen LogP contribution in [0.15, 0.2) is 24.3 Å². The highest BCUT2D eigenvalue weighted by atomic mass is 32.1. The third-order valence-corrected chi connectivity index (χ3v) is 5.92. The summed E-state index contributed by atoms with van der Waals surface area (Å²) in [5, 5.41) is 5.04. The van der Waals surface area contributed by atoms with Gasteiger partial charge in [-0.15, -0.1) is 11.3 Å². The van der Waals surface area contributed by atoms with Crippen LogP contribution in [0.1, 0.15) is 31.2 Å². The van der Waals surface area contributed by atoms with Gasteiger partial charge < -0.3 is 5.32 Å². The quantitative estimate of drug-likeness (QED) is 0.939. The summed E-state index contributed by atoms with van der Waals surface area (Å²) in [5.74, 6) is 0.931. The molecule has 1 aliphatic heterocycles. The van der Waals surface area contributed by atoms with E-state index in [2.05, 4.69) is 41.4 Å². The largest absolute Gasteiger partial charge is 0.311 e. The fourth-order valence-electron chi connectivity index (χ4n) is 3.45. The predicted molar refractivity (Wildman–Crippen MR) is 88.6 cm³/mol.